The van der Waals surface area contributed by atoms with Gasteiger partial charge in [-0.15, -0.1) is 0 Å². The molecule has 52 heavy (non-hydrogen) atoms. The van der Waals surface area contributed by atoms with E-state index < -0.39 is 0 Å². The van der Waals surface area contributed by atoms with Crippen LogP contribution in [-0.4, -0.2) is 43.8 Å². The zero-order valence-electron chi connectivity index (χ0n) is 32.1. The monoisotopic (exact) mass is 684 g/mol. The molecule has 0 N–H and O–H groups in total. The molecule has 0 amide bonds. The summed E-state index contributed by atoms with van der Waals surface area (Å²) in [5, 5.41) is 4.72. The van der Waals surface area contributed by atoms with Gasteiger partial charge in [0.15, 0.2) is 0 Å². The Hall–Kier alpha value is -5.36. The number of fused-ring (bicyclic) bond motifs is 2. The van der Waals surface area contributed by atoms with Crippen molar-refractivity contribution in [3.05, 3.63) is 109 Å². The number of anilines is 2. The van der Waals surface area contributed by atoms with Gasteiger partial charge in [0.25, 0.3) is 0 Å². The Morgan fingerprint density at radius 3 is 1.27 bits per heavy atom. The van der Waals surface area contributed by atoms with E-state index >= 15 is 0 Å². The molecule has 262 valence electrons. The van der Waals surface area contributed by atoms with Crippen LogP contribution in [0.5, 0.6) is 0 Å². The molecule has 0 saturated heterocycles. The van der Waals surface area contributed by atoms with Gasteiger partial charge in [-0.25, -0.2) is 9.97 Å². The second kappa shape index (κ2) is 11.6. The smallest absolute Gasteiger partial charge is 0.134 e. The van der Waals surface area contributed by atoms with Crippen LogP contribution < -0.4 is 9.80 Å². The normalized spacial score (nSPS) is 18.6. The summed E-state index contributed by atoms with van der Waals surface area (Å²) in [6.07, 6.45) is 4.08. The molecule has 0 spiro atoms. The Labute approximate surface area is 308 Å². The molecule has 0 fully saturated rings. The lowest BCUT2D eigenvalue weighted by Gasteiger charge is -2.40. The molecule has 4 aromatic carbocycles. The van der Waals surface area contributed by atoms with E-state index in [-0.39, 0.29) is 22.2 Å². The van der Waals surface area contributed by atoms with Crippen molar-refractivity contribution in [2.24, 2.45) is 9.98 Å². The number of benzene rings is 4. The van der Waals surface area contributed by atoms with Gasteiger partial charge in [-0.05, 0) is 143 Å². The van der Waals surface area contributed by atoms with E-state index in [0.29, 0.717) is 0 Å². The van der Waals surface area contributed by atoms with Gasteiger partial charge in [0.2, 0.25) is 0 Å². The highest BCUT2D eigenvalue weighted by Crippen LogP contribution is 2.47. The van der Waals surface area contributed by atoms with E-state index in [1.54, 1.807) is 0 Å². The van der Waals surface area contributed by atoms with Crippen molar-refractivity contribution in [2.45, 2.75) is 91.4 Å². The predicted octanol–water partition coefficient (Wildman–Crippen LogP) is 11.4. The molecular weight excluding hydrogens is 637 g/mol. The van der Waals surface area contributed by atoms with Crippen molar-refractivity contribution in [3.63, 3.8) is 0 Å². The lowest BCUT2D eigenvalue weighted by molar-refractivity contribution is 0.337. The summed E-state index contributed by atoms with van der Waals surface area (Å²) in [6, 6.07) is 35.0. The highest BCUT2D eigenvalue weighted by molar-refractivity contribution is 6.22. The largest absolute Gasteiger partial charge is 0.307 e. The Bertz CT molecular complexity index is 2420. The van der Waals surface area contributed by atoms with E-state index in [0.717, 1.165) is 34.4 Å². The summed E-state index contributed by atoms with van der Waals surface area (Å²) in [6.45, 7) is 21.9. The maximum Gasteiger partial charge on any atom is 0.134 e. The Morgan fingerprint density at radius 1 is 0.423 bits per heavy atom. The molecule has 6 nitrogen and oxygen atoms in total. The van der Waals surface area contributed by atoms with E-state index in [1.807, 2.05) is 12.4 Å². The third-order valence-electron chi connectivity index (χ3n) is 12.3. The van der Waals surface area contributed by atoms with Gasteiger partial charge in [-0.1, -0.05) is 66.7 Å². The number of hydrogen-bond donors (Lipinski definition) is 0. The number of aromatic nitrogens is 2. The number of hydrogen-bond acceptors (Lipinski definition) is 6. The van der Waals surface area contributed by atoms with E-state index in [1.165, 1.54) is 43.8 Å². The van der Waals surface area contributed by atoms with Crippen molar-refractivity contribution in [3.8, 4) is 33.4 Å². The first-order valence-electron chi connectivity index (χ1n) is 18.3. The van der Waals surface area contributed by atoms with Crippen LogP contribution in [0.4, 0.5) is 11.6 Å². The van der Waals surface area contributed by atoms with Crippen LogP contribution in [0.15, 0.2) is 119 Å². The number of rotatable bonds is 5. The zero-order chi connectivity index (χ0) is 36.8. The minimum atomic E-state index is -0.228. The molecular formula is C46H48N6. The van der Waals surface area contributed by atoms with Gasteiger partial charge in [-0.2, -0.15) is 0 Å². The van der Waals surface area contributed by atoms with Crippen molar-refractivity contribution < 1.29 is 0 Å². The topological polar surface area (TPSA) is 57.0 Å². The summed E-state index contributed by atoms with van der Waals surface area (Å²) >= 11 is 0. The molecule has 0 atom stereocenters. The van der Waals surface area contributed by atoms with Gasteiger partial charge in [-0.3, -0.25) is 9.98 Å². The number of pyridine rings is 2. The fraction of sp³-hybridized carbons (Fsp3) is 0.304. The fourth-order valence-electron chi connectivity index (χ4n) is 8.39. The van der Waals surface area contributed by atoms with Gasteiger partial charge in [0.1, 0.15) is 23.3 Å². The maximum atomic E-state index is 5.12. The Kier molecular flexibility index (Phi) is 7.52. The van der Waals surface area contributed by atoms with Crippen molar-refractivity contribution in [1.82, 2.24) is 9.97 Å². The van der Waals surface area contributed by atoms with Crippen LogP contribution in [0, 0.1) is 0 Å². The standard InChI is InChI=1S/C46H48N6/c1-29-49-43(3,4)45(7,8)51(29)39-24-21-33(27-47-39)41-35-18-14-15-19-36(35)42(38-26-32(20-23-37(38)41)31-16-12-11-13-17-31)34-22-25-40(48-28-34)52-30(2)50-44(5,6)46(52,9)10/h11-28H,1-10H3. The number of aliphatic imine (C=N–C) groups is 2. The number of nitrogens with zero attached hydrogens (tertiary/aromatic N) is 6. The average Bonchev–Trinajstić information content (AvgIpc) is 3.38. The minimum Gasteiger partial charge on any atom is -0.307 e. The summed E-state index contributed by atoms with van der Waals surface area (Å²) in [5.41, 5.74) is 5.99. The highest BCUT2D eigenvalue weighted by Gasteiger charge is 2.49. The quantitative estimate of drug-likeness (QED) is 0.170. The van der Waals surface area contributed by atoms with Crippen LogP contribution in [0.2, 0.25) is 0 Å². The summed E-state index contributed by atoms with van der Waals surface area (Å²) in [5.74, 6) is 3.80. The molecule has 0 saturated carbocycles. The average molecular weight is 685 g/mol. The van der Waals surface area contributed by atoms with Crippen LogP contribution in [0.3, 0.4) is 0 Å². The molecule has 4 heterocycles. The van der Waals surface area contributed by atoms with Crippen LogP contribution in [0.1, 0.15) is 69.2 Å². The van der Waals surface area contributed by atoms with Crippen LogP contribution in [-0.2, 0) is 0 Å². The molecule has 0 bridgehead atoms. The molecule has 0 aliphatic carbocycles. The Balaban J connectivity index is 1.32. The molecule has 8 rings (SSSR count). The van der Waals surface area contributed by atoms with Crippen LogP contribution in [0.25, 0.3) is 54.9 Å². The first-order chi connectivity index (χ1) is 24.6. The van der Waals surface area contributed by atoms with Crippen molar-refractivity contribution >= 4 is 44.9 Å². The van der Waals surface area contributed by atoms with Crippen LogP contribution >= 0.6 is 0 Å². The Morgan fingerprint density at radius 2 is 0.846 bits per heavy atom. The third kappa shape index (κ3) is 4.98. The molecule has 0 radical (unpaired) electrons. The summed E-state index contributed by atoms with van der Waals surface area (Å²) in [4.78, 5) is 24.8. The van der Waals surface area contributed by atoms with E-state index in [2.05, 4.69) is 176 Å². The second-order valence-electron chi connectivity index (χ2n) is 16.5. The zero-order valence-corrected chi connectivity index (χ0v) is 32.1. The maximum absolute atomic E-state index is 5.12. The predicted molar refractivity (Wildman–Crippen MR) is 221 cm³/mol. The summed E-state index contributed by atoms with van der Waals surface area (Å²) < 4.78 is 0. The molecule has 0 unspecified atom stereocenters. The van der Waals surface area contributed by atoms with Gasteiger partial charge in [0.05, 0.1) is 22.2 Å². The fourth-order valence-corrected chi connectivity index (χ4v) is 8.39. The number of amidine groups is 2. The van der Waals surface area contributed by atoms with Crippen molar-refractivity contribution in [2.75, 3.05) is 9.80 Å². The molecule has 2 aliphatic heterocycles. The lowest BCUT2D eigenvalue weighted by Crippen LogP contribution is -2.53. The lowest BCUT2D eigenvalue weighted by atomic mass is 9.83. The van der Waals surface area contributed by atoms with E-state index in [4.69, 9.17) is 20.0 Å². The van der Waals surface area contributed by atoms with Crippen molar-refractivity contribution in [1.29, 1.82) is 0 Å². The third-order valence-corrected chi connectivity index (χ3v) is 12.3. The van der Waals surface area contributed by atoms with Gasteiger partial charge >= 0.3 is 0 Å². The van der Waals surface area contributed by atoms with Gasteiger partial charge in [0, 0.05) is 23.5 Å². The first-order valence-corrected chi connectivity index (χ1v) is 18.3. The summed E-state index contributed by atoms with van der Waals surface area (Å²) in [7, 11) is 0. The highest BCUT2D eigenvalue weighted by atomic mass is 15.4. The SMILES string of the molecule is CC1=NC(C)(C)C(C)(C)N1c1ccc(-c2c3ccccc3c(-c3ccc(N4C(C)=NC(C)(C)C4(C)C)nc3)c3cc(-c4ccccc4)ccc23)cn1. The molecule has 6 heteroatoms. The molecule has 6 aromatic rings. The molecule has 2 aromatic heterocycles. The molecule has 2 aliphatic rings. The van der Waals surface area contributed by atoms with Gasteiger partial charge < -0.3 is 9.80 Å². The first kappa shape index (κ1) is 33.8. The van der Waals surface area contributed by atoms with E-state index in [9.17, 15) is 0 Å². The second-order valence-corrected chi connectivity index (χ2v) is 16.5. The minimum absolute atomic E-state index is 0.212.